The zero-order chi connectivity index (χ0) is 14.7. The summed E-state index contributed by atoms with van der Waals surface area (Å²) in [6, 6.07) is 7.70. The third-order valence-electron chi connectivity index (χ3n) is 4.10. The van der Waals surface area contributed by atoms with E-state index in [1.165, 1.54) is 0 Å². The molecule has 2 aromatic rings. The van der Waals surface area contributed by atoms with E-state index in [1.807, 2.05) is 24.3 Å². The fourth-order valence-corrected chi connectivity index (χ4v) is 3.01. The van der Waals surface area contributed by atoms with E-state index < -0.39 is 0 Å². The molecular formula is C16H21N3O2. The Bertz CT molecular complexity index is 586. The highest BCUT2D eigenvalue weighted by atomic mass is 16.5. The molecule has 0 bridgehead atoms. The van der Waals surface area contributed by atoms with Crippen LogP contribution in [0.15, 0.2) is 28.8 Å². The fraction of sp³-hybridized carbons (Fsp3) is 0.500. The zero-order valence-corrected chi connectivity index (χ0v) is 12.6. The van der Waals surface area contributed by atoms with Gasteiger partial charge in [-0.05, 0) is 50.1 Å². The summed E-state index contributed by atoms with van der Waals surface area (Å²) >= 11 is 0. The van der Waals surface area contributed by atoms with Crippen LogP contribution in [0.25, 0.3) is 11.4 Å². The molecule has 0 spiro atoms. The molecule has 1 N–H and O–H groups in total. The van der Waals surface area contributed by atoms with Gasteiger partial charge in [-0.1, -0.05) is 18.5 Å². The van der Waals surface area contributed by atoms with Gasteiger partial charge in [0.15, 0.2) is 0 Å². The van der Waals surface area contributed by atoms with Gasteiger partial charge in [-0.15, -0.1) is 0 Å². The van der Waals surface area contributed by atoms with E-state index in [9.17, 15) is 0 Å². The van der Waals surface area contributed by atoms with Crippen molar-refractivity contribution in [3.05, 3.63) is 30.2 Å². The molecule has 5 nitrogen and oxygen atoms in total. The summed E-state index contributed by atoms with van der Waals surface area (Å²) in [6.07, 6.45) is 4.33. The third-order valence-corrected chi connectivity index (χ3v) is 4.10. The molecule has 21 heavy (non-hydrogen) atoms. The Labute approximate surface area is 124 Å². The second-order valence-electron chi connectivity index (χ2n) is 5.51. The topological polar surface area (TPSA) is 60.2 Å². The van der Waals surface area contributed by atoms with Crippen molar-refractivity contribution in [1.29, 1.82) is 0 Å². The molecule has 5 heteroatoms. The van der Waals surface area contributed by atoms with E-state index in [0.29, 0.717) is 11.7 Å². The van der Waals surface area contributed by atoms with Gasteiger partial charge in [0.25, 0.3) is 0 Å². The summed E-state index contributed by atoms with van der Waals surface area (Å²) in [6.45, 7) is 3.20. The Balaban J connectivity index is 1.87. The molecule has 1 aliphatic heterocycles. The second kappa shape index (κ2) is 5.85. The monoisotopic (exact) mass is 287 g/mol. The van der Waals surface area contributed by atoms with Gasteiger partial charge in [0.2, 0.25) is 11.7 Å². The zero-order valence-electron chi connectivity index (χ0n) is 12.6. The molecule has 3 rings (SSSR count). The van der Waals surface area contributed by atoms with Gasteiger partial charge in [0.1, 0.15) is 5.75 Å². The van der Waals surface area contributed by atoms with Crippen LogP contribution in [0, 0.1) is 0 Å². The molecule has 1 fully saturated rings. The van der Waals surface area contributed by atoms with E-state index in [0.717, 1.165) is 43.5 Å². The van der Waals surface area contributed by atoms with Gasteiger partial charge in [-0.2, -0.15) is 4.98 Å². The van der Waals surface area contributed by atoms with Crippen LogP contribution in [0.1, 0.15) is 38.5 Å². The number of ether oxygens (including phenoxy) is 1. The molecule has 0 aliphatic carbocycles. The summed E-state index contributed by atoms with van der Waals surface area (Å²) < 4.78 is 10.7. The van der Waals surface area contributed by atoms with Crippen LogP contribution in [-0.4, -0.2) is 23.8 Å². The molecule has 1 aliphatic rings. The largest absolute Gasteiger partial charge is 0.497 e. The first-order chi connectivity index (χ1) is 10.3. The molecule has 0 saturated carbocycles. The average Bonchev–Trinajstić information content (AvgIpc) is 3.17. The number of aromatic nitrogens is 2. The second-order valence-corrected chi connectivity index (χ2v) is 5.51. The summed E-state index contributed by atoms with van der Waals surface area (Å²) in [5, 5.41) is 7.70. The highest BCUT2D eigenvalue weighted by Gasteiger charge is 2.39. The SMILES string of the molecule is CCCC1(c2nc(-c3ccc(OC)cc3)no2)CCCN1. The van der Waals surface area contributed by atoms with Crippen LogP contribution in [0.2, 0.25) is 0 Å². The van der Waals surface area contributed by atoms with E-state index in [4.69, 9.17) is 9.26 Å². The number of nitrogens with zero attached hydrogens (tertiary/aromatic N) is 2. The molecule has 2 heterocycles. The molecule has 1 saturated heterocycles. The molecule has 1 atom stereocenters. The van der Waals surface area contributed by atoms with Crippen LogP contribution < -0.4 is 10.1 Å². The fourth-order valence-electron chi connectivity index (χ4n) is 3.01. The van der Waals surface area contributed by atoms with Gasteiger partial charge in [0, 0.05) is 5.56 Å². The Hall–Kier alpha value is -1.88. The number of rotatable bonds is 5. The van der Waals surface area contributed by atoms with Crippen LogP contribution in [0.5, 0.6) is 5.75 Å². The van der Waals surface area contributed by atoms with E-state index >= 15 is 0 Å². The number of hydrogen-bond donors (Lipinski definition) is 1. The lowest BCUT2D eigenvalue weighted by Crippen LogP contribution is -2.36. The first kappa shape index (κ1) is 14.1. The van der Waals surface area contributed by atoms with Gasteiger partial charge >= 0.3 is 0 Å². The number of benzene rings is 1. The maximum atomic E-state index is 5.56. The van der Waals surface area contributed by atoms with E-state index in [1.54, 1.807) is 7.11 Å². The van der Waals surface area contributed by atoms with Crippen molar-refractivity contribution >= 4 is 0 Å². The highest BCUT2D eigenvalue weighted by Crippen LogP contribution is 2.35. The predicted octanol–water partition coefficient (Wildman–Crippen LogP) is 3.12. The number of nitrogens with one attached hydrogen (secondary N) is 1. The van der Waals surface area contributed by atoms with Crippen LogP contribution in [-0.2, 0) is 5.54 Å². The van der Waals surface area contributed by atoms with Crippen molar-refractivity contribution < 1.29 is 9.26 Å². The van der Waals surface area contributed by atoms with Crippen LogP contribution in [0.3, 0.4) is 0 Å². The van der Waals surface area contributed by atoms with Crippen molar-refractivity contribution in [1.82, 2.24) is 15.5 Å². The van der Waals surface area contributed by atoms with Crippen molar-refractivity contribution in [3.63, 3.8) is 0 Å². The Kier molecular flexibility index (Phi) is 3.92. The number of hydrogen-bond acceptors (Lipinski definition) is 5. The lowest BCUT2D eigenvalue weighted by molar-refractivity contribution is 0.241. The summed E-state index contributed by atoms with van der Waals surface area (Å²) in [5.41, 5.74) is 0.808. The smallest absolute Gasteiger partial charge is 0.247 e. The number of methoxy groups -OCH3 is 1. The summed E-state index contributed by atoms with van der Waals surface area (Å²) in [7, 11) is 1.65. The highest BCUT2D eigenvalue weighted by molar-refractivity contribution is 5.55. The summed E-state index contributed by atoms with van der Waals surface area (Å²) in [5.74, 6) is 2.17. The van der Waals surface area contributed by atoms with Gasteiger partial charge < -0.3 is 14.6 Å². The van der Waals surface area contributed by atoms with Crippen molar-refractivity contribution in [2.45, 2.75) is 38.1 Å². The van der Waals surface area contributed by atoms with Crippen LogP contribution >= 0.6 is 0 Å². The first-order valence-electron chi connectivity index (χ1n) is 7.51. The van der Waals surface area contributed by atoms with Crippen LogP contribution in [0.4, 0.5) is 0 Å². The molecule has 1 unspecified atom stereocenters. The summed E-state index contributed by atoms with van der Waals surface area (Å²) in [4.78, 5) is 4.63. The normalized spacial score (nSPS) is 21.6. The van der Waals surface area contributed by atoms with E-state index in [2.05, 4.69) is 22.4 Å². The third kappa shape index (κ3) is 2.65. The quantitative estimate of drug-likeness (QED) is 0.915. The lowest BCUT2D eigenvalue weighted by atomic mass is 9.92. The average molecular weight is 287 g/mol. The molecule has 0 radical (unpaired) electrons. The standard InChI is InChI=1S/C16H21N3O2/c1-3-9-16(10-4-11-17-16)15-18-14(19-21-15)12-5-7-13(20-2)8-6-12/h5-8,17H,3-4,9-11H2,1-2H3. The maximum Gasteiger partial charge on any atom is 0.247 e. The lowest BCUT2D eigenvalue weighted by Gasteiger charge is -2.24. The minimum Gasteiger partial charge on any atom is -0.497 e. The molecular weight excluding hydrogens is 266 g/mol. The molecule has 0 amide bonds. The Morgan fingerprint density at radius 1 is 1.33 bits per heavy atom. The minimum atomic E-state index is -0.132. The molecule has 1 aromatic heterocycles. The Morgan fingerprint density at radius 2 is 2.14 bits per heavy atom. The first-order valence-corrected chi connectivity index (χ1v) is 7.51. The molecule has 1 aromatic carbocycles. The van der Waals surface area contributed by atoms with Gasteiger partial charge in [-0.3, -0.25) is 0 Å². The van der Waals surface area contributed by atoms with Gasteiger partial charge in [0.05, 0.1) is 12.6 Å². The predicted molar refractivity (Wildman–Crippen MR) is 80.1 cm³/mol. The maximum absolute atomic E-state index is 5.56. The molecule has 112 valence electrons. The van der Waals surface area contributed by atoms with Crippen molar-refractivity contribution in [2.75, 3.05) is 13.7 Å². The minimum absolute atomic E-state index is 0.132. The van der Waals surface area contributed by atoms with Gasteiger partial charge in [-0.25, -0.2) is 0 Å². The van der Waals surface area contributed by atoms with Crippen molar-refractivity contribution in [3.8, 4) is 17.1 Å². The Morgan fingerprint density at radius 3 is 2.76 bits per heavy atom. The van der Waals surface area contributed by atoms with E-state index in [-0.39, 0.29) is 5.54 Å². The van der Waals surface area contributed by atoms with Crippen molar-refractivity contribution in [2.24, 2.45) is 0 Å².